The molecular weight excluding hydrogens is 377 g/mol. The zero-order valence-electron chi connectivity index (χ0n) is 14.4. The van der Waals surface area contributed by atoms with Gasteiger partial charge in [-0.05, 0) is 25.0 Å². The molecule has 142 valence electrons. The number of nitro groups is 1. The zero-order chi connectivity index (χ0) is 19.8. The highest BCUT2D eigenvalue weighted by atomic mass is 32.2. The lowest BCUT2D eigenvalue weighted by molar-refractivity contribution is -0.419. The Hall–Kier alpha value is -3.08. The molecule has 9 nitrogen and oxygen atoms in total. The number of aromatic nitrogens is 2. The molecule has 2 aromatic rings. The third kappa shape index (κ3) is 3.33. The Morgan fingerprint density at radius 2 is 2.22 bits per heavy atom. The minimum atomic E-state index is -4.10. The highest BCUT2D eigenvalue weighted by Gasteiger charge is 2.45. The van der Waals surface area contributed by atoms with Crippen LogP contribution >= 0.6 is 0 Å². The van der Waals surface area contributed by atoms with Crippen molar-refractivity contribution in [3.05, 3.63) is 70.1 Å². The van der Waals surface area contributed by atoms with Crippen molar-refractivity contribution in [2.45, 2.75) is 18.6 Å². The van der Waals surface area contributed by atoms with Gasteiger partial charge in [0.15, 0.2) is 0 Å². The minimum absolute atomic E-state index is 0.304. The SMILES string of the molecule is CC1C=CC([N+](=O)[O-])=CC1(C)S(=O)(=O)NN=Cc1cnc2ccc(F)cn12. The van der Waals surface area contributed by atoms with Crippen molar-refractivity contribution in [1.82, 2.24) is 14.2 Å². The fourth-order valence-electron chi connectivity index (χ4n) is 2.67. The van der Waals surface area contributed by atoms with Crippen LogP contribution in [0.5, 0.6) is 0 Å². The van der Waals surface area contributed by atoms with Gasteiger partial charge in [-0.15, -0.1) is 0 Å². The quantitative estimate of drug-likeness (QED) is 0.472. The van der Waals surface area contributed by atoms with Crippen LogP contribution in [0.4, 0.5) is 4.39 Å². The van der Waals surface area contributed by atoms with Gasteiger partial charge in [0.25, 0.3) is 15.7 Å². The van der Waals surface area contributed by atoms with Crippen LogP contribution in [0.25, 0.3) is 5.65 Å². The normalized spacial score (nSPS) is 22.9. The van der Waals surface area contributed by atoms with E-state index in [1.807, 2.05) is 0 Å². The molecule has 0 spiro atoms. The molecule has 1 aliphatic rings. The number of hydrazone groups is 1. The van der Waals surface area contributed by atoms with E-state index in [0.717, 1.165) is 6.08 Å². The molecule has 1 aliphatic carbocycles. The van der Waals surface area contributed by atoms with E-state index >= 15 is 0 Å². The van der Waals surface area contributed by atoms with Gasteiger partial charge in [-0.2, -0.15) is 5.10 Å². The Balaban J connectivity index is 1.87. The fourth-order valence-corrected chi connectivity index (χ4v) is 3.90. The number of hydrogen-bond acceptors (Lipinski definition) is 6. The molecule has 2 heterocycles. The molecule has 0 aromatic carbocycles. The Kier molecular flexibility index (Phi) is 4.56. The van der Waals surface area contributed by atoms with Gasteiger partial charge in [-0.25, -0.2) is 22.6 Å². The third-order valence-electron chi connectivity index (χ3n) is 4.55. The van der Waals surface area contributed by atoms with Crippen molar-refractivity contribution in [2.75, 3.05) is 0 Å². The number of sulfonamides is 1. The maximum Gasteiger partial charge on any atom is 0.266 e. The standard InChI is InChI=1S/C16H16FN5O4S/c1-11-3-5-13(22(23)24)7-16(11,2)27(25,26)20-19-9-14-8-18-15-6-4-12(17)10-21(14)15/h3-11,20H,1-2H3. The molecule has 0 radical (unpaired) electrons. The van der Waals surface area contributed by atoms with Crippen LogP contribution < -0.4 is 4.83 Å². The van der Waals surface area contributed by atoms with Crippen molar-refractivity contribution in [1.29, 1.82) is 0 Å². The van der Waals surface area contributed by atoms with Crippen molar-refractivity contribution >= 4 is 21.9 Å². The van der Waals surface area contributed by atoms with Crippen molar-refractivity contribution in [3.8, 4) is 0 Å². The first kappa shape index (κ1) is 18.7. The summed E-state index contributed by atoms with van der Waals surface area (Å²) in [5.74, 6) is -0.998. The fraction of sp³-hybridized carbons (Fsp3) is 0.250. The van der Waals surface area contributed by atoms with E-state index < -0.39 is 31.4 Å². The molecule has 3 rings (SSSR count). The van der Waals surface area contributed by atoms with E-state index in [9.17, 15) is 22.9 Å². The number of pyridine rings is 1. The van der Waals surface area contributed by atoms with Gasteiger partial charge < -0.3 is 0 Å². The zero-order valence-corrected chi connectivity index (χ0v) is 15.2. The van der Waals surface area contributed by atoms with Crippen molar-refractivity contribution < 1.29 is 17.7 Å². The van der Waals surface area contributed by atoms with E-state index in [2.05, 4.69) is 14.9 Å². The maximum absolute atomic E-state index is 13.4. The summed E-state index contributed by atoms with van der Waals surface area (Å²) in [6.45, 7) is 3.02. The number of halogens is 1. The topological polar surface area (TPSA) is 119 Å². The summed E-state index contributed by atoms with van der Waals surface area (Å²) in [6.07, 6.45) is 7.62. The van der Waals surface area contributed by atoms with Gasteiger partial charge in [0.05, 0.1) is 23.0 Å². The van der Waals surface area contributed by atoms with Gasteiger partial charge in [0, 0.05) is 18.3 Å². The van der Waals surface area contributed by atoms with E-state index in [1.165, 1.54) is 54.2 Å². The van der Waals surface area contributed by atoms with Crippen LogP contribution in [0.1, 0.15) is 19.5 Å². The van der Waals surface area contributed by atoms with Gasteiger partial charge >= 0.3 is 0 Å². The first-order chi connectivity index (χ1) is 12.6. The van der Waals surface area contributed by atoms with Gasteiger partial charge in [-0.1, -0.05) is 13.0 Å². The molecule has 0 saturated carbocycles. The molecule has 1 N–H and O–H groups in total. The number of rotatable bonds is 5. The Bertz CT molecular complexity index is 1110. The van der Waals surface area contributed by atoms with E-state index in [1.54, 1.807) is 6.92 Å². The van der Waals surface area contributed by atoms with Crippen LogP contribution in [-0.4, -0.2) is 33.7 Å². The van der Waals surface area contributed by atoms with Crippen LogP contribution in [0, 0.1) is 21.8 Å². The Labute approximate surface area is 154 Å². The molecule has 0 amide bonds. The largest absolute Gasteiger partial charge is 0.296 e. The minimum Gasteiger partial charge on any atom is -0.296 e. The predicted octanol–water partition coefficient (Wildman–Crippen LogP) is 1.85. The molecule has 0 saturated heterocycles. The number of imidazole rings is 1. The van der Waals surface area contributed by atoms with Gasteiger partial charge in [0.1, 0.15) is 16.2 Å². The lowest BCUT2D eigenvalue weighted by atomic mass is 9.89. The van der Waals surface area contributed by atoms with Crippen LogP contribution in [0.15, 0.2) is 53.6 Å². The van der Waals surface area contributed by atoms with E-state index in [4.69, 9.17) is 0 Å². The predicted molar refractivity (Wildman–Crippen MR) is 96.6 cm³/mol. The first-order valence-electron chi connectivity index (χ1n) is 7.86. The van der Waals surface area contributed by atoms with Gasteiger partial charge in [-0.3, -0.25) is 14.5 Å². The molecule has 2 atom stereocenters. The maximum atomic E-state index is 13.4. The third-order valence-corrected chi connectivity index (χ3v) is 6.55. The highest BCUT2D eigenvalue weighted by molar-refractivity contribution is 7.91. The smallest absolute Gasteiger partial charge is 0.266 e. The van der Waals surface area contributed by atoms with Crippen LogP contribution in [-0.2, 0) is 10.0 Å². The van der Waals surface area contributed by atoms with Gasteiger partial charge in [0.2, 0.25) is 0 Å². The number of nitrogens with zero attached hydrogens (tertiary/aromatic N) is 4. The first-order valence-corrected chi connectivity index (χ1v) is 9.35. The lowest BCUT2D eigenvalue weighted by Crippen LogP contribution is -2.46. The molecule has 11 heteroatoms. The Morgan fingerprint density at radius 1 is 1.48 bits per heavy atom. The second-order valence-electron chi connectivity index (χ2n) is 6.27. The highest BCUT2D eigenvalue weighted by Crippen LogP contribution is 2.33. The summed E-state index contributed by atoms with van der Waals surface area (Å²) in [6, 6.07) is 2.72. The summed E-state index contributed by atoms with van der Waals surface area (Å²) >= 11 is 0. The number of fused-ring (bicyclic) bond motifs is 1. The molecule has 27 heavy (non-hydrogen) atoms. The average molecular weight is 393 g/mol. The number of allylic oxidation sites excluding steroid dienone is 2. The molecule has 0 aliphatic heterocycles. The van der Waals surface area contributed by atoms with Crippen molar-refractivity contribution in [2.24, 2.45) is 11.0 Å². The number of nitrogens with one attached hydrogen (secondary N) is 1. The lowest BCUT2D eigenvalue weighted by Gasteiger charge is -2.31. The Morgan fingerprint density at radius 3 is 2.93 bits per heavy atom. The van der Waals surface area contributed by atoms with Crippen LogP contribution in [0.2, 0.25) is 0 Å². The molecular formula is C16H16FN5O4S. The van der Waals surface area contributed by atoms with E-state index in [-0.39, 0.29) is 5.70 Å². The van der Waals surface area contributed by atoms with E-state index in [0.29, 0.717) is 11.3 Å². The molecule has 0 bridgehead atoms. The number of hydrogen-bond donors (Lipinski definition) is 1. The molecule has 2 unspecified atom stereocenters. The monoisotopic (exact) mass is 393 g/mol. The van der Waals surface area contributed by atoms with Crippen LogP contribution in [0.3, 0.4) is 0 Å². The summed E-state index contributed by atoms with van der Waals surface area (Å²) < 4.78 is 38.7. The molecule has 2 aromatic heterocycles. The van der Waals surface area contributed by atoms with Crippen molar-refractivity contribution in [3.63, 3.8) is 0 Å². The summed E-state index contributed by atoms with van der Waals surface area (Å²) in [4.78, 5) is 16.5. The summed E-state index contributed by atoms with van der Waals surface area (Å²) in [5, 5.41) is 14.7. The second-order valence-corrected chi connectivity index (χ2v) is 8.34. The summed E-state index contributed by atoms with van der Waals surface area (Å²) in [7, 11) is -4.10. The molecule has 0 fully saturated rings. The summed E-state index contributed by atoms with van der Waals surface area (Å²) in [5.41, 5.74) is 0.523. The second kappa shape index (κ2) is 6.58. The average Bonchev–Trinajstić information content (AvgIpc) is 2.99.